The second kappa shape index (κ2) is 11.5. The van der Waals surface area contributed by atoms with Gasteiger partial charge >= 0.3 is 0 Å². The Kier molecular flexibility index (Phi) is 7.70. The molecule has 0 saturated carbocycles. The van der Waals surface area contributed by atoms with E-state index in [-0.39, 0.29) is 11.7 Å². The van der Waals surface area contributed by atoms with Crippen molar-refractivity contribution in [2.75, 3.05) is 49.2 Å². The minimum absolute atomic E-state index is 0.0439. The Morgan fingerprint density at radius 2 is 1.68 bits per heavy atom. The molecule has 0 atom stereocenters. The molecule has 5 rings (SSSR count). The summed E-state index contributed by atoms with van der Waals surface area (Å²) in [7, 11) is 1.63. The highest BCUT2D eigenvalue weighted by Gasteiger charge is 2.27. The molecule has 0 bridgehead atoms. The molecule has 1 saturated heterocycles. The third-order valence-corrected chi connectivity index (χ3v) is 7.14. The minimum Gasteiger partial charge on any atom is -0.495 e. The van der Waals surface area contributed by atoms with Crippen LogP contribution in [-0.4, -0.2) is 49.9 Å². The lowest BCUT2D eigenvalue weighted by Crippen LogP contribution is -2.22. The molecule has 0 unspecified atom stereocenters. The number of para-hydroxylation sites is 2. The van der Waals surface area contributed by atoms with Crippen LogP contribution in [0.1, 0.15) is 52.0 Å². The zero-order valence-corrected chi connectivity index (χ0v) is 21.3. The molecule has 7 nitrogen and oxygen atoms in total. The van der Waals surface area contributed by atoms with Gasteiger partial charge in [0.15, 0.2) is 5.78 Å². The first-order valence-electron chi connectivity index (χ1n) is 13.1. The first kappa shape index (κ1) is 24.8. The number of carbonyl (C=O) groups is 2. The Labute approximate surface area is 218 Å². The Morgan fingerprint density at radius 3 is 2.46 bits per heavy atom. The first-order chi connectivity index (χ1) is 18.1. The molecule has 1 aliphatic carbocycles. The third kappa shape index (κ3) is 5.78. The summed E-state index contributed by atoms with van der Waals surface area (Å²) in [5.74, 6) is 0.540. The fourth-order valence-electron chi connectivity index (χ4n) is 5.18. The smallest absolute Gasteiger partial charge is 0.255 e. The van der Waals surface area contributed by atoms with Gasteiger partial charge in [-0.3, -0.25) is 9.59 Å². The SMILES string of the molecule is COc1ccccc1Nc1ccc(NC(=O)c2ccc(NCCCN3CCCC3)cc2)c2c1CCC2=O. The van der Waals surface area contributed by atoms with Crippen molar-refractivity contribution < 1.29 is 14.3 Å². The highest BCUT2D eigenvalue weighted by molar-refractivity contribution is 6.12. The summed E-state index contributed by atoms with van der Waals surface area (Å²) >= 11 is 0. The molecule has 3 aromatic rings. The summed E-state index contributed by atoms with van der Waals surface area (Å²) in [6.07, 6.45) is 4.80. The molecule has 0 aromatic heterocycles. The zero-order valence-electron chi connectivity index (χ0n) is 21.3. The van der Waals surface area contributed by atoms with E-state index >= 15 is 0 Å². The number of nitrogens with one attached hydrogen (secondary N) is 3. The van der Waals surface area contributed by atoms with Gasteiger partial charge in [-0.25, -0.2) is 0 Å². The van der Waals surface area contributed by atoms with E-state index in [1.165, 1.54) is 25.9 Å². The molecule has 0 spiro atoms. The summed E-state index contributed by atoms with van der Waals surface area (Å²) in [5, 5.41) is 9.81. The molecular weight excluding hydrogens is 464 g/mol. The summed E-state index contributed by atoms with van der Waals surface area (Å²) in [6, 6.07) is 18.9. The third-order valence-electron chi connectivity index (χ3n) is 7.14. The van der Waals surface area contributed by atoms with Gasteiger partial charge in [-0.05, 0) is 99.4 Å². The monoisotopic (exact) mass is 498 g/mol. The number of ketones is 1. The van der Waals surface area contributed by atoms with Crippen molar-refractivity contribution in [3.05, 3.63) is 77.4 Å². The van der Waals surface area contributed by atoms with Crippen LogP contribution in [0.25, 0.3) is 0 Å². The molecule has 3 aromatic carbocycles. The second-order valence-corrected chi connectivity index (χ2v) is 9.62. The topological polar surface area (TPSA) is 82.7 Å². The summed E-state index contributed by atoms with van der Waals surface area (Å²) in [6.45, 7) is 4.48. The molecule has 0 radical (unpaired) electrons. The van der Waals surface area contributed by atoms with Crippen molar-refractivity contribution in [3.63, 3.8) is 0 Å². The number of methoxy groups -OCH3 is 1. The average molecular weight is 499 g/mol. The van der Waals surface area contributed by atoms with E-state index in [0.29, 0.717) is 29.7 Å². The summed E-state index contributed by atoms with van der Waals surface area (Å²) in [5.41, 5.74) is 5.29. The van der Waals surface area contributed by atoms with Crippen LogP contribution in [0.2, 0.25) is 0 Å². The van der Waals surface area contributed by atoms with Crippen LogP contribution in [0.5, 0.6) is 5.75 Å². The second-order valence-electron chi connectivity index (χ2n) is 9.62. The number of nitrogens with zero attached hydrogens (tertiary/aromatic N) is 1. The van der Waals surface area contributed by atoms with E-state index in [9.17, 15) is 9.59 Å². The number of carbonyl (C=O) groups excluding carboxylic acids is 2. The number of rotatable bonds is 10. The Hall–Kier alpha value is -3.84. The largest absolute Gasteiger partial charge is 0.495 e. The van der Waals surface area contributed by atoms with Crippen molar-refractivity contribution in [1.82, 2.24) is 4.90 Å². The number of Topliss-reactive ketones (excluding diaryl/α,β-unsaturated/α-hetero) is 1. The van der Waals surface area contributed by atoms with Gasteiger partial charge in [0.2, 0.25) is 0 Å². The van der Waals surface area contributed by atoms with Gasteiger partial charge in [0.05, 0.1) is 18.5 Å². The van der Waals surface area contributed by atoms with E-state index in [1.807, 2.05) is 54.6 Å². The van der Waals surface area contributed by atoms with Crippen LogP contribution < -0.4 is 20.7 Å². The van der Waals surface area contributed by atoms with Crippen LogP contribution in [-0.2, 0) is 6.42 Å². The molecule has 3 N–H and O–H groups in total. The standard InChI is InChI=1S/C30H34N4O3/c1-37-28-8-3-2-7-25(28)32-24-14-15-26(29-23(24)13-16-27(29)35)33-30(36)21-9-11-22(12-10-21)31-17-6-20-34-18-4-5-19-34/h2-3,7-12,14-15,31-32H,4-6,13,16-20H2,1H3,(H,33,36). The van der Waals surface area contributed by atoms with Crippen LogP contribution >= 0.6 is 0 Å². The van der Waals surface area contributed by atoms with Crippen molar-refractivity contribution in [2.45, 2.75) is 32.1 Å². The number of likely N-dealkylation sites (tertiary alicyclic amines) is 1. The van der Waals surface area contributed by atoms with Crippen molar-refractivity contribution in [1.29, 1.82) is 0 Å². The predicted molar refractivity (Wildman–Crippen MR) is 149 cm³/mol. The van der Waals surface area contributed by atoms with Gasteiger partial charge in [0.25, 0.3) is 5.91 Å². The number of benzene rings is 3. The maximum atomic E-state index is 13.0. The fourth-order valence-corrected chi connectivity index (χ4v) is 5.18. The molecule has 1 aliphatic heterocycles. The maximum absolute atomic E-state index is 13.0. The van der Waals surface area contributed by atoms with Crippen LogP contribution in [0.4, 0.5) is 22.7 Å². The van der Waals surface area contributed by atoms with Gasteiger partial charge in [-0.2, -0.15) is 0 Å². The number of ether oxygens (including phenoxy) is 1. The normalized spacial score (nSPS) is 14.9. The fraction of sp³-hybridized carbons (Fsp3) is 0.333. The number of hydrogen-bond acceptors (Lipinski definition) is 6. The molecule has 1 fully saturated rings. The van der Waals surface area contributed by atoms with Gasteiger partial charge in [-0.15, -0.1) is 0 Å². The molecule has 1 heterocycles. The van der Waals surface area contributed by atoms with E-state index < -0.39 is 0 Å². The molecule has 7 heteroatoms. The number of amides is 1. The summed E-state index contributed by atoms with van der Waals surface area (Å²) in [4.78, 5) is 28.3. The Balaban J connectivity index is 1.23. The van der Waals surface area contributed by atoms with Gasteiger partial charge < -0.3 is 25.6 Å². The van der Waals surface area contributed by atoms with Crippen molar-refractivity contribution in [3.8, 4) is 5.75 Å². The van der Waals surface area contributed by atoms with Gasteiger partial charge in [0, 0.05) is 35.5 Å². The van der Waals surface area contributed by atoms with Gasteiger partial charge in [-0.1, -0.05) is 12.1 Å². The maximum Gasteiger partial charge on any atom is 0.255 e. The minimum atomic E-state index is -0.229. The highest BCUT2D eigenvalue weighted by Crippen LogP contribution is 2.37. The van der Waals surface area contributed by atoms with Crippen molar-refractivity contribution >= 4 is 34.4 Å². The number of hydrogen-bond donors (Lipinski definition) is 3. The Bertz CT molecular complexity index is 1270. The lowest BCUT2D eigenvalue weighted by molar-refractivity contribution is 0.0995. The van der Waals surface area contributed by atoms with E-state index in [0.717, 1.165) is 47.9 Å². The Morgan fingerprint density at radius 1 is 0.919 bits per heavy atom. The lowest BCUT2D eigenvalue weighted by Gasteiger charge is -2.16. The molecular formula is C30H34N4O3. The summed E-state index contributed by atoms with van der Waals surface area (Å²) < 4.78 is 5.45. The first-order valence-corrected chi connectivity index (χ1v) is 13.1. The molecule has 37 heavy (non-hydrogen) atoms. The zero-order chi connectivity index (χ0) is 25.6. The average Bonchev–Trinajstić information content (AvgIpc) is 3.59. The molecule has 1 amide bonds. The highest BCUT2D eigenvalue weighted by atomic mass is 16.5. The van der Waals surface area contributed by atoms with Crippen LogP contribution in [0.15, 0.2) is 60.7 Å². The lowest BCUT2D eigenvalue weighted by atomic mass is 10.0. The molecule has 192 valence electrons. The van der Waals surface area contributed by atoms with Crippen LogP contribution in [0, 0.1) is 0 Å². The van der Waals surface area contributed by atoms with Crippen LogP contribution in [0.3, 0.4) is 0 Å². The number of fused-ring (bicyclic) bond motifs is 1. The van der Waals surface area contributed by atoms with E-state index in [1.54, 1.807) is 13.2 Å². The quantitative estimate of drug-likeness (QED) is 0.310. The van der Waals surface area contributed by atoms with Gasteiger partial charge in [0.1, 0.15) is 5.75 Å². The predicted octanol–water partition coefficient (Wildman–Crippen LogP) is 5.72. The van der Waals surface area contributed by atoms with Crippen molar-refractivity contribution in [2.24, 2.45) is 0 Å². The van der Waals surface area contributed by atoms with E-state index in [4.69, 9.17) is 4.74 Å². The number of anilines is 4. The molecule has 2 aliphatic rings. The van der Waals surface area contributed by atoms with E-state index in [2.05, 4.69) is 20.9 Å².